The Morgan fingerprint density at radius 3 is 3.11 bits per heavy atom. The van der Waals surface area contributed by atoms with E-state index < -0.39 is 0 Å². The van der Waals surface area contributed by atoms with E-state index in [0.717, 1.165) is 31.4 Å². The number of hydrogen-bond acceptors (Lipinski definition) is 3. The van der Waals surface area contributed by atoms with Gasteiger partial charge in [0.2, 0.25) is 0 Å². The topological polar surface area (TPSA) is 42.7 Å². The summed E-state index contributed by atoms with van der Waals surface area (Å²) in [5.74, 6) is 1.17. The molecule has 1 aliphatic rings. The smallest absolute Gasteiger partial charge is 0.130 e. The van der Waals surface area contributed by atoms with Gasteiger partial charge in [0.25, 0.3) is 0 Å². The molecule has 0 radical (unpaired) electrons. The summed E-state index contributed by atoms with van der Waals surface area (Å²) >= 11 is 0. The molecule has 0 aliphatic carbocycles. The highest BCUT2D eigenvalue weighted by Crippen LogP contribution is 2.32. The number of hydrogen-bond donors (Lipinski definition) is 1. The molecule has 4 heteroatoms. The van der Waals surface area contributed by atoms with Crippen LogP contribution < -0.4 is 5.32 Å². The molecule has 2 aromatic heterocycles. The van der Waals surface area contributed by atoms with Crippen LogP contribution in [0, 0.1) is 0 Å². The van der Waals surface area contributed by atoms with Gasteiger partial charge in [-0.2, -0.15) is 0 Å². The second kappa shape index (κ2) is 4.35. The molecule has 1 aliphatic heterocycles. The van der Waals surface area contributed by atoms with Crippen LogP contribution in [0.1, 0.15) is 38.9 Å². The zero-order chi connectivity index (χ0) is 12.6. The minimum absolute atomic E-state index is 0.0220. The van der Waals surface area contributed by atoms with E-state index in [1.807, 2.05) is 12.4 Å². The number of rotatable bonds is 3. The van der Waals surface area contributed by atoms with Crippen LogP contribution in [-0.2, 0) is 12.1 Å². The highest BCUT2D eigenvalue weighted by atomic mass is 15.2. The number of aromatic nitrogens is 3. The van der Waals surface area contributed by atoms with Gasteiger partial charge in [-0.1, -0.05) is 6.92 Å². The van der Waals surface area contributed by atoms with Crippen LogP contribution >= 0.6 is 0 Å². The minimum atomic E-state index is 0.0220. The largest absolute Gasteiger partial charge is 0.326 e. The van der Waals surface area contributed by atoms with E-state index in [2.05, 4.69) is 34.8 Å². The normalized spacial score (nSPS) is 23.9. The lowest BCUT2D eigenvalue weighted by atomic mass is 9.99. The molecule has 96 valence electrons. The zero-order valence-electron chi connectivity index (χ0n) is 11.1. The van der Waals surface area contributed by atoms with Crippen LogP contribution in [0.15, 0.2) is 18.5 Å². The van der Waals surface area contributed by atoms with Crippen molar-refractivity contribution in [3.63, 3.8) is 0 Å². The second-order valence-corrected chi connectivity index (χ2v) is 5.31. The van der Waals surface area contributed by atoms with Gasteiger partial charge < -0.3 is 9.88 Å². The van der Waals surface area contributed by atoms with Gasteiger partial charge in [-0.05, 0) is 38.8 Å². The third-order valence-electron chi connectivity index (χ3n) is 3.86. The molecule has 1 N–H and O–H groups in total. The Morgan fingerprint density at radius 2 is 2.39 bits per heavy atom. The van der Waals surface area contributed by atoms with Crippen molar-refractivity contribution in [2.75, 3.05) is 6.54 Å². The van der Waals surface area contributed by atoms with E-state index in [-0.39, 0.29) is 5.54 Å². The Kier molecular flexibility index (Phi) is 2.82. The Morgan fingerprint density at radius 1 is 1.50 bits per heavy atom. The third-order valence-corrected chi connectivity index (χ3v) is 3.86. The number of imidazole rings is 1. The maximum atomic E-state index is 4.82. The van der Waals surface area contributed by atoms with Crippen LogP contribution in [0.25, 0.3) is 11.0 Å². The van der Waals surface area contributed by atoms with E-state index in [1.165, 1.54) is 17.8 Å². The summed E-state index contributed by atoms with van der Waals surface area (Å²) in [5.41, 5.74) is 2.24. The lowest BCUT2D eigenvalue weighted by Crippen LogP contribution is -2.36. The Bertz CT molecular complexity index is 552. The monoisotopic (exact) mass is 244 g/mol. The van der Waals surface area contributed by atoms with E-state index in [9.17, 15) is 0 Å². The van der Waals surface area contributed by atoms with E-state index >= 15 is 0 Å². The molecular weight excluding hydrogens is 224 g/mol. The molecule has 0 aromatic carbocycles. The molecule has 4 nitrogen and oxygen atoms in total. The maximum absolute atomic E-state index is 4.82. The molecule has 0 amide bonds. The van der Waals surface area contributed by atoms with Gasteiger partial charge in [0.1, 0.15) is 11.3 Å². The highest BCUT2D eigenvalue weighted by molar-refractivity contribution is 5.75. The SMILES string of the molecule is CCCn1c(C2(C)CCCN2)nc2cnccc21. The van der Waals surface area contributed by atoms with Crippen molar-refractivity contribution in [2.24, 2.45) is 0 Å². The quantitative estimate of drug-likeness (QED) is 0.901. The average Bonchev–Trinajstić information content (AvgIpc) is 2.96. The average molecular weight is 244 g/mol. The third kappa shape index (κ3) is 1.72. The standard InChI is InChI=1S/C14H20N4/c1-3-9-18-12-5-8-15-10-11(12)17-13(18)14(2)6-4-7-16-14/h5,8,10,16H,3-4,6-7,9H2,1-2H3. The van der Waals surface area contributed by atoms with Crippen LogP contribution in [0.4, 0.5) is 0 Å². The lowest BCUT2D eigenvalue weighted by molar-refractivity contribution is 0.388. The van der Waals surface area contributed by atoms with E-state index in [0.29, 0.717) is 0 Å². The predicted molar refractivity (Wildman–Crippen MR) is 72.4 cm³/mol. The summed E-state index contributed by atoms with van der Waals surface area (Å²) in [7, 11) is 0. The summed E-state index contributed by atoms with van der Waals surface area (Å²) < 4.78 is 2.36. The molecule has 0 saturated carbocycles. The number of nitrogens with zero attached hydrogens (tertiary/aromatic N) is 3. The fourth-order valence-electron chi connectivity index (χ4n) is 2.94. The van der Waals surface area contributed by atoms with E-state index in [1.54, 1.807) is 0 Å². The minimum Gasteiger partial charge on any atom is -0.326 e. The van der Waals surface area contributed by atoms with Crippen LogP contribution in [0.3, 0.4) is 0 Å². The predicted octanol–water partition coefficient (Wildman–Crippen LogP) is 2.44. The number of aryl methyl sites for hydroxylation is 1. The van der Waals surface area contributed by atoms with E-state index in [4.69, 9.17) is 4.98 Å². The zero-order valence-corrected chi connectivity index (χ0v) is 11.1. The molecule has 2 aromatic rings. The second-order valence-electron chi connectivity index (χ2n) is 5.31. The number of pyridine rings is 1. The molecule has 0 spiro atoms. The summed E-state index contributed by atoms with van der Waals surface area (Å²) in [6.07, 6.45) is 7.22. The fraction of sp³-hybridized carbons (Fsp3) is 0.571. The van der Waals surface area contributed by atoms with Crippen molar-refractivity contribution in [3.8, 4) is 0 Å². The molecule has 1 fully saturated rings. The van der Waals surface area contributed by atoms with Crippen molar-refractivity contribution in [2.45, 2.75) is 45.2 Å². The summed E-state index contributed by atoms with van der Waals surface area (Å²) in [4.78, 5) is 9.00. The first kappa shape index (κ1) is 11.7. The molecule has 0 bridgehead atoms. The first-order chi connectivity index (χ1) is 8.74. The van der Waals surface area contributed by atoms with Crippen molar-refractivity contribution >= 4 is 11.0 Å². The van der Waals surface area contributed by atoms with Gasteiger partial charge >= 0.3 is 0 Å². The molecule has 3 heterocycles. The molecule has 1 unspecified atom stereocenters. The molecule has 1 saturated heterocycles. The van der Waals surface area contributed by atoms with Gasteiger partial charge in [0.15, 0.2) is 0 Å². The number of nitrogens with one attached hydrogen (secondary N) is 1. The van der Waals surface area contributed by atoms with Gasteiger partial charge in [-0.3, -0.25) is 4.98 Å². The Balaban J connectivity index is 2.18. The van der Waals surface area contributed by atoms with Gasteiger partial charge in [-0.15, -0.1) is 0 Å². The lowest BCUT2D eigenvalue weighted by Gasteiger charge is -2.25. The van der Waals surface area contributed by atoms with Crippen molar-refractivity contribution in [1.29, 1.82) is 0 Å². The number of fused-ring (bicyclic) bond motifs is 1. The fourth-order valence-corrected chi connectivity index (χ4v) is 2.94. The first-order valence-electron chi connectivity index (χ1n) is 6.80. The van der Waals surface area contributed by atoms with Crippen LogP contribution in [0.5, 0.6) is 0 Å². The van der Waals surface area contributed by atoms with Gasteiger partial charge in [0, 0.05) is 12.7 Å². The van der Waals surface area contributed by atoms with Crippen molar-refractivity contribution < 1.29 is 0 Å². The molecule has 1 atom stereocenters. The molecule has 18 heavy (non-hydrogen) atoms. The van der Waals surface area contributed by atoms with Crippen molar-refractivity contribution in [3.05, 3.63) is 24.3 Å². The summed E-state index contributed by atoms with van der Waals surface area (Å²) in [6, 6.07) is 2.07. The molecule has 3 rings (SSSR count). The van der Waals surface area contributed by atoms with Gasteiger partial charge in [0.05, 0.1) is 17.3 Å². The van der Waals surface area contributed by atoms with Crippen LogP contribution in [0.2, 0.25) is 0 Å². The summed E-state index contributed by atoms with van der Waals surface area (Å²) in [5, 5.41) is 3.61. The Hall–Kier alpha value is -1.42. The Labute approximate surface area is 107 Å². The van der Waals surface area contributed by atoms with Gasteiger partial charge in [-0.25, -0.2) is 4.98 Å². The maximum Gasteiger partial charge on any atom is 0.130 e. The first-order valence-corrected chi connectivity index (χ1v) is 6.80. The highest BCUT2D eigenvalue weighted by Gasteiger charge is 2.34. The summed E-state index contributed by atoms with van der Waals surface area (Å²) in [6.45, 7) is 6.58. The molecular formula is C14H20N4. The van der Waals surface area contributed by atoms with Crippen LogP contribution in [-0.4, -0.2) is 21.1 Å². The van der Waals surface area contributed by atoms with Crippen molar-refractivity contribution in [1.82, 2.24) is 19.9 Å².